The van der Waals surface area contributed by atoms with Crippen LogP contribution in [0.2, 0.25) is 0 Å². The number of rotatable bonds is 35. The molecule has 0 saturated heterocycles. The van der Waals surface area contributed by atoms with Gasteiger partial charge in [0.15, 0.2) is 0 Å². The molecule has 258 valence electrons. The smallest absolute Gasteiger partial charge is 0.0644 e. The lowest BCUT2D eigenvalue weighted by molar-refractivity contribution is 0.0197. The summed E-state index contributed by atoms with van der Waals surface area (Å²) >= 11 is 0. The molecule has 0 rings (SSSR count). The van der Waals surface area contributed by atoms with Crippen LogP contribution < -0.4 is 0 Å². The Labute approximate surface area is 277 Å². The number of hydrogen-bond acceptors (Lipinski definition) is 3. The van der Waals surface area contributed by atoms with Gasteiger partial charge in [-0.25, -0.2) is 0 Å². The van der Waals surface area contributed by atoms with E-state index in [0.29, 0.717) is 6.04 Å². The Kier molecular flexibility index (Phi) is 37.0. The molecular weight excluding hydrogens is 538 g/mol. The van der Waals surface area contributed by atoms with Crippen LogP contribution >= 0.6 is 0 Å². The first kappa shape index (κ1) is 42.8. The van der Waals surface area contributed by atoms with Gasteiger partial charge in [-0.2, -0.15) is 0 Å². The third-order valence-corrected chi connectivity index (χ3v) is 8.33. The van der Waals surface area contributed by atoms with Crippen molar-refractivity contribution in [1.29, 1.82) is 0 Å². The SMILES string of the molecule is CCCCC/C=C\C/C=C\CCCCCCCCOCC(COCCCCCCCC/C=C/C/C=C/CCCCC)N(C)C. The van der Waals surface area contributed by atoms with Crippen molar-refractivity contribution in [2.75, 3.05) is 40.5 Å². The summed E-state index contributed by atoms with van der Waals surface area (Å²) in [4.78, 5) is 2.25. The molecule has 0 aliphatic carbocycles. The van der Waals surface area contributed by atoms with E-state index in [4.69, 9.17) is 9.47 Å². The standard InChI is InChI=1S/C41H77NO2/c1-5-7-9-11-13-15-17-19-21-23-25-27-29-31-33-35-37-43-39-41(42(3)4)40-44-38-36-34-32-30-28-26-24-22-20-18-16-14-12-10-8-6-2/h13-16,19-22,41H,5-12,17-18,23-40H2,1-4H3/b15-13-,16-14+,21-19-,22-20+. The summed E-state index contributed by atoms with van der Waals surface area (Å²) in [5.41, 5.74) is 0. The maximum atomic E-state index is 6.02. The largest absolute Gasteiger partial charge is 0.380 e. The molecule has 44 heavy (non-hydrogen) atoms. The van der Waals surface area contributed by atoms with Crippen molar-refractivity contribution in [2.45, 2.75) is 174 Å². The quantitative estimate of drug-likeness (QED) is 0.0523. The Balaban J connectivity index is 3.48. The second-order valence-corrected chi connectivity index (χ2v) is 12.9. The van der Waals surface area contributed by atoms with Crippen LogP contribution in [0.1, 0.15) is 168 Å². The topological polar surface area (TPSA) is 21.7 Å². The van der Waals surface area contributed by atoms with E-state index in [0.717, 1.165) is 39.3 Å². The molecule has 0 fully saturated rings. The van der Waals surface area contributed by atoms with Crippen LogP contribution in [0.25, 0.3) is 0 Å². The van der Waals surface area contributed by atoms with Crippen molar-refractivity contribution < 1.29 is 9.47 Å². The Bertz CT molecular complexity index is 599. The highest BCUT2D eigenvalue weighted by molar-refractivity contribution is 4.93. The predicted octanol–water partition coefficient (Wildman–Crippen LogP) is 12.6. The molecule has 1 unspecified atom stereocenters. The normalized spacial score (nSPS) is 13.2. The van der Waals surface area contributed by atoms with Gasteiger partial charge in [0.1, 0.15) is 0 Å². The van der Waals surface area contributed by atoms with E-state index in [1.54, 1.807) is 0 Å². The predicted molar refractivity (Wildman–Crippen MR) is 198 cm³/mol. The van der Waals surface area contributed by atoms with Crippen LogP contribution in [0.3, 0.4) is 0 Å². The van der Waals surface area contributed by atoms with Gasteiger partial charge in [-0.05, 0) is 91.1 Å². The molecule has 0 radical (unpaired) electrons. The van der Waals surface area contributed by atoms with E-state index >= 15 is 0 Å². The van der Waals surface area contributed by atoms with E-state index < -0.39 is 0 Å². The van der Waals surface area contributed by atoms with Crippen molar-refractivity contribution in [3.05, 3.63) is 48.6 Å². The molecule has 0 aliphatic rings. The Hall–Kier alpha value is -1.16. The third kappa shape index (κ3) is 35.3. The second-order valence-electron chi connectivity index (χ2n) is 12.9. The van der Waals surface area contributed by atoms with Crippen LogP contribution in [-0.4, -0.2) is 51.5 Å². The van der Waals surface area contributed by atoms with Gasteiger partial charge in [0.25, 0.3) is 0 Å². The number of ether oxygens (including phenoxy) is 2. The summed E-state index contributed by atoms with van der Waals surface area (Å²) in [5, 5.41) is 0. The molecule has 3 heteroatoms. The van der Waals surface area contributed by atoms with E-state index in [1.807, 2.05) is 0 Å². The lowest BCUT2D eigenvalue weighted by Crippen LogP contribution is -2.37. The Morgan fingerprint density at radius 2 is 0.727 bits per heavy atom. The molecule has 0 bridgehead atoms. The summed E-state index contributed by atoms with van der Waals surface area (Å²) in [6.45, 7) is 7.84. The first-order chi connectivity index (χ1) is 21.7. The zero-order valence-corrected chi connectivity index (χ0v) is 30.3. The van der Waals surface area contributed by atoms with Crippen molar-refractivity contribution in [1.82, 2.24) is 4.90 Å². The molecule has 0 N–H and O–H groups in total. The molecule has 0 aliphatic heterocycles. The fourth-order valence-electron chi connectivity index (χ4n) is 5.17. The maximum Gasteiger partial charge on any atom is 0.0644 e. The third-order valence-electron chi connectivity index (χ3n) is 8.33. The van der Waals surface area contributed by atoms with Crippen molar-refractivity contribution in [2.24, 2.45) is 0 Å². The zero-order chi connectivity index (χ0) is 32.0. The molecule has 3 nitrogen and oxygen atoms in total. The fraction of sp³-hybridized carbons (Fsp3) is 0.805. The van der Waals surface area contributed by atoms with Crippen LogP contribution in [0.5, 0.6) is 0 Å². The molecule has 0 spiro atoms. The number of allylic oxidation sites excluding steroid dienone is 8. The summed E-state index contributed by atoms with van der Waals surface area (Å²) in [7, 11) is 4.27. The minimum Gasteiger partial charge on any atom is -0.380 e. The van der Waals surface area contributed by atoms with Crippen LogP contribution in [0.15, 0.2) is 48.6 Å². The van der Waals surface area contributed by atoms with Crippen LogP contribution in [0, 0.1) is 0 Å². The Morgan fingerprint density at radius 1 is 0.409 bits per heavy atom. The molecule has 0 aromatic rings. The lowest BCUT2D eigenvalue weighted by Gasteiger charge is -2.24. The molecule has 0 amide bonds. The van der Waals surface area contributed by atoms with Gasteiger partial charge in [-0.15, -0.1) is 0 Å². The number of unbranched alkanes of at least 4 members (excludes halogenated alkanes) is 18. The first-order valence-electron chi connectivity index (χ1n) is 19.1. The average Bonchev–Trinajstić information content (AvgIpc) is 3.02. The highest BCUT2D eigenvalue weighted by Crippen LogP contribution is 2.10. The van der Waals surface area contributed by atoms with E-state index in [-0.39, 0.29) is 0 Å². The van der Waals surface area contributed by atoms with Gasteiger partial charge in [-0.3, -0.25) is 0 Å². The fourth-order valence-corrected chi connectivity index (χ4v) is 5.17. The van der Waals surface area contributed by atoms with Crippen LogP contribution in [0.4, 0.5) is 0 Å². The van der Waals surface area contributed by atoms with E-state index in [9.17, 15) is 0 Å². The number of nitrogens with zero attached hydrogens (tertiary/aromatic N) is 1. The minimum absolute atomic E-state index is 0.351. The van der Waals surface area contributed by atoms with Gasteiger partial charge in [0, 0.05) is 13.2 Å². The number of hydrogen-bond donors (Lipinski definition) is 0. The number of likely N-dealkylation sites (N-methyl/N-ethyl adjacent to an activating group) is 1. The molecule has 0 saturated carbocycles. The second kappa shape index (κ2) is 38.0. The van der Waals surface area contributed by atoms with Crippen molar-refractivity contribution in [3.63, 3.8) is 0 Å². The summed E-state index contributed by atoms with van der Waals surface area (Å²) < 4.78 is 12.0. The van der Waals surface area contributed by atoms with Crippen molar-refractivity contribution >= 4 is 0 Å². The lowest BCUT2D eigenvalue weighted by atomic mass is 10.1. The van der Waals surface area contributed by atoms with Gasteiger partial charge < -0.3 is 14.4 Å². The molecular formula is C41H77NO2. The maximum absolute atomic E-state index is 6.02. The van der Waals surface area contributed by atoms with Gasteiger partial charge in [0.05, 0.1) is 19.3 Å². The summed E-state index contributed by atoms with van der Waals surface area (Å²) in [6.07, 6.45) is 49.6. The first-order valence-corrected chi connectivity index (χ1v) is 19.1. The monoisotopic (exact) mass is 616 g/mol. The highest BCUT2D eigenvalue weighted by atomic mass is 16.5. The average molecular weight is 616 g/mol. The van der Waals surface area contributed by atoms with Gasteiger partial charge >= 0.3 is 0 Å². The van der Waals surface area contributed by atoms with Crippen molar-refractivity contribution in [3.8, 4) is 0 Å². The van der Waals surface area contributed by atoms with Gasteiger partial charge in [-0.1, -0.05) is 140 Å². The van der Waals surface area contributed by atoms with E-state index in [2.05, 4.69) is 81.5 Å². The minimum atomic E-state index is 0.351. The Morgan fingerprint density at radius 3 is 1.07 bits per heavy atom. The summed E-state index contributed by atoms with van der Waals surface area (Å²) in [6, 6.07) is 0.351. The molecule has 0 aromatic heterocycles. The zero-order valence-electron chi connectivity index (χ0n) is 30.3. The molecule has 0 aromatic carbocycles. The van der Waals surface area contributed by atoms with E-state index in [1.165, 1.54) is 141 Å². The van der Waals surface area contributed by atoms with Crippen LogP contribution in [-0.2, 0) is 9.47 Å². The summed E-state index contributed by atoms with van der Waals surface area (Å²) in [5.74, 6) is 0. The molecule has 0 heterocycles. The van der Waals surface area contributed by atoms with Gasteiger partial charge in [0.2, 0.25) is 0 Å². The molecule has 1 atom stereocenters. The highest BCUT2D eigenvalue weighted by Gasteiger charge is 2.11.